The van der Waals surface area contributed by atoms with Crippen molar-refractivity contribution in [3.63, 3.8) is 0 Å². The highest BCUT2D eigenvalue weighted by molar-refractivity contribution is 5.96. The van der Waals surface area contributed by atoms with Crippen molar-refractivity contribution in [3.05, 3.63) is 0 Å². The lowest BCUT2D eigenvalue weighted by Gasteiger charge is -2.42. The Morgan fingerprint density at radius 3 is 2.30 bits per heavy atom. The van der Waals surface area contributed by atoms with E-state index in [0.717, 1.165) is 19.3 Å². The number of amides is 3. The molecule has 1 aliphatic rings. The maximum absolute atomic E-state index is 11.7. The van der Waals surface area contributed by atoms with Crippen LogP contribution in [0.25, 0.3) is 0 Å². The molecule has 12 nitrogen and oxygen atoms in total. The summed E-state index contributed by atoms with van der Waals surface area (Å²) in [6.45, 7) is 5.29. The topological polar surface area (TPSA) is 176 Å². The molecule has 33 heavy (non-hydrogen) atoms. The van der Waals surface area contributed by atoms with Crippen LogP contribution in [0.1, 0.15) is 52.9 Å². The van der Waals surface area contributed by atoms with Gasteiger partial charge in [0, 0.05) is 20.1 Å². The monoisotopic (exact) mass is 477 g/mol. The molecule has 6 N–H and O–H groups in total. The Kier molecular flexibility index (Phi) is 14.1. The fraction of sp³-hybridized carbons (Fsp3) is 0.857. The second kappa shape index (κ2) is 15.9. The first-order valence-electron chi connectivity index (χ1n) is 11.3. The lowest BCUT2D eigenvalue weighted by atomic mass is 9.97. The number of rotatable bonds is 15. The standard InChI is InChI=1S/C21H39N3O9/c1-13(2)32-12-23-17(28)10-16(27)22-8-6-4-5-7-9-31-21-18(24-14(3)26)20(30)19(29)15(11-25)33-21/h13,15,18-21,25,29-30H,4-12H2,1-3H3,(H,22,27)(H,23,28)(H,24,26). The minimum Gasteiger partial charge on any atom is -0.394 e. The predicted molar refractivity (Wildman–Crippen MR) is 117 cm³/mol. The van der Waals surface area contributed by atoms with Crippen molar-refractivity contribution < 1.29 is 43.9 Å². The van der Waals surface area contributed by atoms with Crippen LogP contribution in [0.2, 0.25) is 0 Å². The zero-order valence-electron chi connectivity index (χ0n) is 19.6. The van der Waals surface area contributed by atoms with Gasteiger partial charge in [0.25, 0.3) is 0 Å². The molecule has 1 aliphatic heterocycles. The quantitative estimate of drug-likeness (QED) is 0.0932. The Hall–Kier alpha value is -1.83. The SMILES string of the molecule is CC(=O)NC1C(OCCCCCCNC(=O)CC(=O)NCOC(C)C)OC(CO)C(O)C1O. The number of aliphatic hydroxyl groups excluding tert-OH is 3. The highest BCUT2D eigenvalue weighted by Gasteiger charge is 2.45. The number of nitrogens with one attached hydrogen (secondary N) is 3. The number of hydrogen-bond acceptors (Lipinski definition) is 9. The van der Waals surface area contributed by atoms with Crippen molar-refractivity contribution >= 4 is 17.7 Å². The molecule has 1 fully saturated rings. The summed E-state index contributed by atoms with van der Waals surface area (Å²) < 4.78 is 16.3. The highest BCUT2D eigenvalue weighted by Crippen LogP contribution is 2.22. The smallest absolute Gasteiger partial charge is 0.231 e. The van der Waals surface area contributed by atoms with Crippen LogP contribution in [0.15, 0.2) is 0 Å². The molecule has 1 rings (SSSR count). The van der Waals surface area contributed by atoms with E-state index in [9.17, 15) is 29.7 Å². The highest BCUT2D eigenvalue weighted by atomic mass is 16.7. The summed E-state index contributed by atoms with van der Waals surface area (Å²) in [5, 5.41) is 37.2. The van der Waals surface area contributed by atoms with Gasteiger partial charge >= 0.3 is 0 Å². The van der Waals surface area contributed by atoms with Crippen LogP contribution in [-0.4, -0.2) is 96.3 Å². The van der Waals surface area contributed by atoms with Gasteiger partial charge < -0.3 is 45.5 Å². The number of carbonyl (C=O) groups is 3. The molecule has 0 saturated carbocycles. The van der Waals surface area contributed by atoms with Gasteiger partial charge in [0.05, 0.1) is 12.7 Å². The maximum atomic E-state index is 11.7. The number of unbranched alkanes of at least 4 members (excludes halogenated alkanes) is 3. The molecule has 3 amide bonds. The molecule has 1 heterocycles. The Bertz CT molecular complexity index is 606. The van der Waals surface area contributed by atoms with Gasteiger partial charge in [-0.05, 0) is 26.7 Å². The van der Waals surface area contributed by atoms with E-state index in [-0.39, 0.29) is 31.8 Å². The molecule has 5 unspecified atom stereocenters. The molecule has 192 valence electrons. The number of carbonyl (C=O) groups excluding carboxylic acids is 3. The molecule has 0 aromatic heterocycles. The lowest BCUT2D eigenvalue weighted by Crippen LogP contribution is -2.64. The Labute approximate surface area is 194 Å². The largest absolute Gasteiger partial charge is 0.394 e. The molecule has 5 atom stereocenters. The first kappa shape index (κ1) is 29.2. The minimum atomic E-state index is -1.35. The summed E-state index contributed by atoms with van der Waals surface area (Å²) in [5.74, 6) is -1.15. The Morgan fingerprint density at radius 1 is 1.00 bits per heavy atom. The number of hydrogen-bond donors (Lipinski definition) is 6. The van der Waals surface area contributed by atoms with Crippen LogP contribution in [0.4, 0.5) is 0 Å². The average Bonchev–Trinajstić information content (AvgIpc) is 2.74. The van der Waals surface area contributed by atoms with Crippen molar-refractivity contribution in [2.24, 2.45) is 0 Å². The van der Waals surface area contributed by atoms with E-state index < -0.39 is 49.1 Å². The van der Waals surface area contributed by atoms with E-state index in [1.807, 2.05) is 13.8 Å². The van der Waals surface area contributed by atoms with Gasteiger partial charge in [0.1, 0.15) is 37.5 Å². The van der Waals surface area contributed by atoms with Gasteiger partial charge in [-0.2, -0.15) is 0 Å². The molecule has 0 aromatic carbocycles. The Balaban J connectivity index is 2.18. The molecule has 12 heteroatoms. The Morgan fingerprint density at radius 2 is 1.67 bits per heavy atom. The third kappa shape index (κ3) is 11.7. The van der Waals surface area contributed by atoms with Crippen LogP contribution in [0.5, 0.6) is 0 Å². The third-order valence-corrected chi connectivity index (χ3v) is 4.93. The van der Waals surface area contributed by atoms with E-state index in [1.54, 1.807) is 0 Å². The zero-order valence-corrected chi connectivity index (χ0v) is 19.6. The van der Waals surface area contributed by atoms with Crippen molar-refractivity contribution in [2.75, 3.05) is 26.5 Å². The summed E-state index contributed by atoms with van der Waals surface area (Å²) in [7, 11) is 0. The van der Waals surface area contributed by atoms with Crippen molar-refractivity contribution in [1.29, 1.82) is 0 Å². The molecule has 1 saturated heterocycles. The van der Waals surface area contributed by atoms with Crippen molar-refractivity contribution in [3.8, 4) is 0 Å². The fourth-order valence-electron chi connectivity index (χ4n) is 3.18. The number of aliphatic hydroxyl groups is 3. The van der Waals surface area contributed by atoms with E-state index in [2.05, 4.69) is 16.0 Å². The van der Waals surface area contributed by atoms with E-state index in [4.69, 9.17) is 14.2 Å². The maximum Gasteiger partial charge on any atom is 0.231 e. The first-order valence-corrected chi connectivity index (χ1v) is 11.3. The summed E-state index contributed by atoms with van der Waals surface area (Å²) in [6, 6.07) is -0.954. The predicted octanol–water partition coefficient (Wildman–Crippen LogP) is -1.49. The van der Waals surface area contributed by atoms with E-state index in [1.165, 1.54) is 6.92 Å². The summed E-state index contributed by atoms with van der Waals surface area (Å²) in [6.07, 6.45) is -1.92. The van der Waals surface area contributed by atoms with E-state index in [0.29, 0.717) is 13.0 Å². The van der Waals surface area contributed by atoms with Gasteiger partial charge in [-0.3, -0.25) is 14.4 Å². The molecule has 0 aromatic rings. The van der Waals surface area contributed by atoms with Crippen LogP contribution in [0.3, 0.4) is 0 Å². The second-order valence-corrected chi connectivity index (χ2v) is 8.20. The number of ether oxygens (including phenoxy) is 3. The first-order chi connectivity index (χ1) is 15.6. The second-order valence-electron chi connectivity index (χ2n) is 8.20. The third-order valence-electron chi connectivity index (χ3n) is 4.93. The fourth-order valence-corrected chi connectivity index (χ4v) is 3.18. The van der Waals surface area contributed by atoms with Gasteiger partial charge in [0.15, 0.2) is 6.29 Å². The molecular weight excluding hydrogens is 438 g/mol. The van der Waals surface area contributed by atoms with Crippen molar-refractivity contribution in [1.82, 2.24) is 16.0 Å². The van der Waals surface area contributed by atoms with Crippen LogP contribution < -0.4 is 16.0 Å². The molecule has 0 radical (unpaired) electrons. The summed E-state index contributed by atoms with van der Waals surface area (Å²) in [4.78, 5) is 34.7. The molecular formula is C21H39N3O9. The van der Waals surface area contributed by atoms with Crippen LogP contribution >= 0.6 is 0 Å². The molecule has 0 spiro atoms. The summed E-state index contributed by atoms with van der Waals surface area (Å²) in [5.41, 5.74) is 0. The molecule has 0 bridgehead atoms. The van der Waals surface area contributed by atoms with Gasteiger partial charge in [-0.25, -0.2) is 0 Å². The molecule has 0 aliphatic carbocycles. The summed E-state index contributed by atoms with van der Waals surface area (Å²) >= 11 is 0. The lowest BCUT2D eigenvalue weighted by molar-refractivity contribution is -0.270. The zero-order chi connectivity index (χ0) is 24.8. The van der Waals surface area contributed by atoms with Crippen LogP contribution in [0, 0.1) is 0 Å². The van der Waals surface area contributed by atoms with E-state index >= 15 is 0 Å². The average molecular weight is 478 g/mol. The normalized spacial score (nSPS) is 25.0. The van der Waals surface area contributed by atoms with Crippen molar-refractivity contribution in [2.45, 2.75) is 89.6 Å². The van der Waals surface area contributed by atoms with Gasteiger partial charge in [-0.15, -0.1) is 0 Å². The van der Waals surface area contributed by atoms with Gasteiger partial charge in [-0.1, -0.05) is 12.8 Å². The van der Waals surface area contributed by atoms with Crippen LogP contribution in [-0.2, 0) is 28.6 Å². The van der Waals surface area contributed by atoms with Gasteiger partial charge in [0.2, 0.25) is 17.7 Å². The minimum absolute atomic E-state index is 0.00435.